The summed E-state index contributed by atoms with van der Waals surface area (Å²) in [5.41, 5.74) is 0. The Morgan fingerprint density at radius 1 is 1.04 bits per heavy atom. The Morgan fingerprint density at radius 2 is 1.52 bits per heavy atom. The standard InChI is InChI=1S/C7H15N2O11P3/c10-6(21(12,13)14)3-8-1-2-9(5-8)4-7(11,22(15,16)17)23(18,19)20/h1-2,5-6,10-11H,3-4H2,(H5-,12,13,14,15,16,17,18,19,20)/p+1. The molecular weight excluding hydrogens is 381 g/mol. The Kier molecular flexibility index (Phi) is 5.80. The van der Waals surface area contributed by atoms with Crippen LogP contribution in [0.4, 0.5) is 0 Å². The summed E-state index contributed by atoms with van der Waals surface area (Å²) in [5.74, 6) is -2.05. The molecule has 0 saturated heterocycles. The highest BCUT2D eigenvalue weighted by molar-refractivity contribution is 7.72. The van der Waals surface area contributed by atoms with Crippen LogP contribution in [0, 0.1) is 0 Å². The van der Waals surface area contributed by atoms with E-state index < -0.39 is 46.8 Å². The molecule has 23 heavy (non-hydrogen) atoms. The quantitative estimate of drug-likeness (QED) is 0.174. The van der Waals surface area contributed by atoms with Crippen molar-refractivity contribution < 1.29 is 57.8 Å². The lowest BCUT2D eigenvalue weighted by Crippen LogP contribution is -2.46. The van der Waals surface area contributed by atoms with Crippen molar-refractivity contribution in [3.63, 3.8) is 0 Å². The zero-order valence-corrected chi connectivity index (χ0v) is 13.9. The summed E-state index contributed by atoms with van der Waals surface area (Å²) >= 11 is 0. The van der Waals surface area contributed by atoms with Crippen LogP contribution < -0.4 is 4.57 Å². The first-order chi connectivity index (χ1) is 10.1. The first kappa shape index (κ1) is 20.6. The molecular formula is C7H16N2O11P3+. The molecule has 0 aromatic carbocycles. The normalized spacial score (nSPS) is 15.7. The molecule has 13 nitrogen and oxygen atoms in total. The summed E-state index contributed by atoms with van der Waals surface area (Å²) in [5, 5.41) is 15.3. The predicted molar refractivity (Wildman–Crippen MR) is 71.7 cm³/mol. The van der Waals surface area contributed by atoms with Crippen LogP contribution in [0.1, 0.15) is 0 Å². The summed E-state index contributed by atoms with van der Waals surface area (Å²) in [7, 11) is -16.0. The van der Waals surface area contributed by atoms with Gasteiger partial charge in [-0.05, 0) is 0 Å². The maximum atomic E-state index is 11.2. The fraction of sp³-hybridized carbons (Fsp3) is 0.571. The second kappa shape index (κ2) is 6.47. The minimum atomic E-state index is -5.63. The Hall–Kier alpha value is -0.420. The van der Waals surface area contributed by atoms with Gasteiger partial charge in [-0.2, -0.15) is 0 Å². The third kappa shape index (κ3) is 4.79. The molecule has 0 fully saturated rings. The minimum absolute atomic E-state index is 0.596. The van der Waals surface area contributed by atoms with Gasteiger partial charge in [-0.3, -0.25) is 13.7 Å². The number of aliphatic hydroxyl groups excluding tert-OH is 1. The molecule has 0 bridgehead atoms. The van der Waals surface area contributed by atoms with E-state index in [1.165, 1.54) is 0 Å². The molecule has 0 spiro atoms. The van der Waals surface area contributed by atoms with Crippen molar-refractivity contribution in [2.45, 2.75) is 24.0 Å². The van der Waals surface area contributed by atoms with Gasteiger partial charge in [0.15, 0.2) is 5.85 Å². The first-order valence-electron chi connectivity index (χ1n) is 5.70. The van der Waals surface area contributed by atoms with Gasteiger partial charge in [-0.15, -0.1) is 0 Å². The number of rotatable bonds is 7. The van der Waals surface area contributed by atoms with E-state index in [1.54, 1.807) is 0 Å². The van der Waals surface area contributed by atoms with Gasteiger partial charge in [0.2, 0.25) is 6.33 Å². The fourth-order valence-electron chi connectivity index (χ4n) is 1.53. The van der Waals surface area contributed by atoms with E-state index in [9.17, 15) is 23.9 Å². The van der Waals surface area contributed by atoms with Gasteiger partial charge in [0.1, 0.15) is 25.5 Å². The van der Waals surface area contributed by atoms with Gasteiger partial charge in [0.05, 0.1) is 0 Å². The molecule has 0 aliphatic heterocycles. The fourth-order valence-corrected chi connectivity index (χ4v) is 3.99. The number of hydrogen-bond donors (Lipinski definition) is 8. The van der Waals surface area contributed by atoms with Gasteiger partial charge in [0.25, 0.3) is 0 Å². The predicted octanol–water partition coefficient (Wildman–Crippen LogP) is -2.73. The van der Waals surface area contributed by atoms with Gasteiger partial charge < -0.3 is 39.6 Å². The van der Waals surface area contributed by atoms with Crippen LogP contribution >= 0.6 is 22.8 Å². The molecule has 0 aliphatic rings. The number of aliphatic hydroxyl groups is 2. The molecule has 1 unspecified atom stereocenters. The summed E-state index contributed by atoms with van der Waals surface area (Å²) in [6.07, 6.45) is 3.08. The zero-order chi connectivity index (χ0) is 18.3. The minimum Gasteiger partial charge on any atom is -0.377 e. The van der Waals surface area contributed by atoms with Crippen LogP contribution in [0.25, 0.3) is 0 Å². The number of aromatic nitrogens is 2. The second-order valence-corrected chi connectivity index (χ2v) is 10.5. The van der Waals surface area contributed by atoms with Crippen LogP contribution in [-0.4, -0.2) is 55.1 Å². The summed E-state index contributed by atoms with van der Waals surface area (Å²) in [4.78, 5) is 53.5. The van der Waals surface area contributed by atoms with Crippen LogP contribution in [0.15, 0.2) is 18.7 Å². The molecule has 0 amide bonds. The number of imidazole rings is 1. The van der Waals surface area contributed by atoms with E-state index in [-0.39, 0.29) is 0 Å². The van der Waals surface area contributed by atoms with Crippen molar-refractivity contribution in [1.82, 2.24) is 4.57 Å². The highest BCUT2D eigenvalue weighted by Crippen LogP contribution is 2.67. The zero-order valence-electron chi connectivity index (χ0n) is 11.3. The number of nitrogens with zero attached hydrogens (tertiary/aromatic N) is 2. The Morgan fingerprint density at radius 3 is 1.91 bits per heavy atom. The van der Waals surface area contributed by atoms with Crippen molar-refractivity contribution in [3.8, 4) is 0 Å². The highest BCUT2D eigenvalue weighted by Gasteiger charge is 2.61. The molecule has 1 atom stereocenters. The first-order valence-corrected chi connectivity index (χ1v) is 10.6. The summed E-state index contributed by atoms with van der Waals surface area (Å²) < 4.78 is 35.0. The molecule has 1 rings (SSSR count). The molecule has 1 heterocycles. The topological polar surface area (TPSA) is 222 Å². The van der Waals surface area contributed by atoms with Gasteiger partial charge in [-0.1, -0.05) is 0 Å². The lowest BCUT2D eigenvalue weighted by molar-refractivity contribution is -0.703. The van der Waals surface area contributed by atoms with Crippen LogP contribution in [0.3, 0.4) is 0 Å². The van der Waals surface area contributed by atoms with Crippen molar-refractivity contribution in [1.29, 1.82) is 0 Å². The molecule has 1 aromatic heterocycles. The lowest BCUT2D eigenvalue weighted by Gasteiger charge is -2.27. The summed E-state index contributed by atoms with van der Waals surface area (Å²) in [6.45, 7) is -1.79. The average Bonchev–Trinajstić information content (AvgIpc) is 2.72. The van der Waals surface area contributed by atoms with Crippen molar-refractivity contribution >= 4 is 22.8 Å². The average molecular weight is 397 g/mol. The second-order valence-electron chi connectivity index (χ2n) is 4.71. The van der Waals surface area contributed by atoms with Crippen LogP contribution in [0.2, 0.25) is 0 Å². The Bertz CT molecular complexity index is 676. The van der Waals surface area contributed by atoms with E-state index in [0.717, 1.165) is 27.9 Å². The Labute approximate surface area is 128 Å². The molecule has 134 valence electrons. The largest absolute Gasteiger partial charge is 0.377 e. The van der Waals surface area contributed by atoms with Gasteiger partial charge >= 0.3 is 27.9 Å². The molecule has 0 aliphatic carbocycles. The van der Waals surface area contributed by atoms with Crippen molar-refractivity contribution in [3.05, 3.63) is 18.7 Å². The Balaban J connectivity index is 3.05. The maximum Gasteiger partial charge on any atom is 0.373 e. The highest BCUT2D eigenvalue weighted by atomic mass is 31.2. The van der Waals surface area contributed by atoms with E-state index in [4.69, 9.17) is 29.4 Å². The smallest absolute Gasteiger partial charge is 0.373 e. The van der Waals surface area contributed by atoms with E-state index in [2.05, 4.69) is 0 Å². The van der Waals surface area contributed by atoms with Crippen LogP contribution in [0.5, 0.6) is 0 Å². The molecule has 8 N–H and O–H groups in total. The maximum absolute atomic E-state index is 11.2. The van der Waals surface area contributed by atoms with E-state index in [1.807, 2.05) is 0 Å². The number of hydrogen-bond acceptors (Lipinski definition) is 5. The molecule has 0 saturated carbocycles. The third-order valence-corrected chi connectivity index (χ3v) is 7.49. The van der Waals surface area contributed by atoms with E-state index >= 15 is 0 Å². The SMILES string of the molecule is O=P(O)(O)C(O)Cn1cc[n+](CC(O)(P(=O)(O)O)P(=O)(O)O)c1. The van der Waals surface area contributed by atoms with E-state index in [0.29, 0.717) is 0 Å². The molecule has 16 heteroatoms. The molecule has 1 aromatic rings. The van der Waals surface area contributed by atoms with Gasteiger partial charge in [-0.25, -0.2) is 9.13 Å². The molecule has 0 radical (unpaired) electrons. The van der Waals surface area contributed by atoms with Crippen molar-refractivity contribution in [2.75, 3.05) is 0 Å². The van der Waals surface area contributed by atoms with Crippen LogP contribution in [-0.2, 0) is 26.8 Å². The van der Waals surface area contributed by atoms with Gasteiger partial charge in [0, 0.05) is 0 Å². The van der Waals surface area contributed by atoms with Crippen molar-refractivity contribution in [2.24, 2.45) is 0 Å². The summed E-state index contributed by atoms with van der Waals surface area (Å²) in [6, 6.07) is 0. The third-order valence-electron chi connectivity index (χ3n) is 2.84. The lowest BCUT2D eigenvalue weighted by atomic mass is 10.6. The monoisotopic (exact) mass is 397 g/mol.